The van der Waals surface area contributed by atoms with Crippen molar-refractivity contribution >= 4 is 29.1 Å². The number of hydrogen-bond donors (Lipinski definition) is 1. The van der Waals surface area contributed by atoms with Crippen LogP contribution in [0.15, 0.2) is 48.5 Å². The number of fused-ring (bicyclic) bond motifs is 1. The average molecular weight is 489 g/mol. The van der Waals surface area contributed by atoms with Crippen molar-refractivity contribution in [2.45, 2.75) is 32.0 Å². The van der Waals surface area contributed by atoms with Gasteiger partial charge in [-0.3, -0.25) is 24.2 Å². The molecule has 0 aromatic heterocycles. The van der Waals surface area contributed by atoms with Crippen molar-refractivity contribution in [1.29, 1.82) is 0 Å². The average Bonchev–Trinajstić information content (AvgIpc) is 3.00. The van der Waals surface area contributed by atoms with E-state index in [-0.39, 0.29) is 23.8 Å². The molecule has 0 saturated carbocycles. The van der Waals surface area contributed by atoms with Crippen LogP contribution in [-0.4, -0.2) is 72.5 Å². The molecule has 0 spiro atoms. The third kappa shape index (κ3) is 5.48. The van der Waals surface area contributed by atoms with Gasteiger partial charge in [-0.25, -0.2) is 0 Å². The molecule has 0 bridgehead atoms. The fraction of sp³-hybridized carbons (Fsp3) is 0.400. The number of piperazine rings is 1. The molecule has 2 aliphatic heterocycles. The van der Waals surface area contributed by atoms with Crippen molar-refractivity contribution in [1.82, 2.24) is 9.80 Å². The van der Waals surface area contributed by atoms with Crippen molar-refractivity contribution in [2.75, 3.05) is 42.9 Å². The zero-order valence-electron chi connectivity index (χ0n) is 19.3. The Kier molecular flexibility index (Phi) is 7.11. The third-order valence-electron chi connectivity index (χ3n) is 6.40. The second-order valence-electron chi connectivity index (χ2n) is 8.71. The Balaban J connectivity index is 1.45. The predicted octanol–water partition coefficient (Wildman–Crippen LogP) is 3.31. The zero-order chi connectivity index (χ0) is 25.2. The van der Waals surface area contributed by atoms with Crippen LogP contribution in [0.5, 0.6) is 0 Å². The Hall–Kier alpha value is -3.40. The van der Waals surface area contributed by atoms with Gasteiger partial charge in [-0.15, -0.1) is 0 Å². The number of carbonyl (C=O) groups excluding carboxylic acids is 3. The highest BCUT2D eigenvalue weighted by Gasteiger charge is 2.49. The second kappa shape index (κ2) is 10.1. The van der Waals surface area contributed by atoms with E-state index in [9.17, 15) is 27.6 Å². The molecule has 1 unspecified atom stereocenters. The molecule has 1 fully saturated rings. The van der Waals surface area contributed by atoms with E-state index >= 15 is 0 Å². The first-order valence-corrected chi connectivity index (χ1v) is 11.6. The van der Waals surface area contributed by atoms with Gasteiger partial charge in [-0.1, -0.05) is 31.2 Å². The van der Waals surface area contributed by atoms with Crippen LogP contribution >= 0.6 is 0 Å². The Morgan fingerprint density at radius 2 is 1.66 bits per heavy atom. The highest BCUT2D eigenvalue weighted by molar-refractivity contribution is 6.05. The molecule has 0 radical (unpaired) electrons. The second-order valence-corrected chi connectivity index (χ2v) is 8.71. The van der Waals surface area contributed by atoms with E-state index in [1.165, 1.54) is 18.2 Å². The van der Waals surface area contributed by atoms with E-state index in [0.29, 0.717) is 36.6 Å². The number of alkyl halides is 3. The molecule has 1 atom stereocenters. The van der Waals surface area contributed by atoms with Gasteiger partial charge in [-0.2, -0.15) is 13.2 Å². The van der Waals surface area contributed by atoms with Gasteiger partial charge in [0.05, 0.1) is 24.3 Å². The topological polar surface area (TPSA) is 73.0 Å². The van der Waals surface area contributed by atoms with Gasteiger partial charge in [0, 0.05) is 31.7 Å². The number of anilines is 2. The number of carbonyl (C=O) groups is 3. The molecule has 3 amide bonds. The smallest absolute Gasteiger partial charge is 0.336 e. The Morgan fingerprint density at radius 1 is 1.00 bits per heavy atom. The number of rotatable bonds is 4. The Labute approximate surface area is 201 Å². The molecule has 1 N–H and O–H groups in total. The first kappa shape index (κ1) is 24.7. The summed E-state index contributed by atoms with van der Waals surface area (Å²) in [6.45, 7) is 3.22. The van der Waals surface area contributed by atoms with E-state index < -0.39 is 30.5 Å². The molecule has 10 heteroatoms. The lowest BCUT2D eigenvalue weighted by atomic mass is 10.1. The zero-order valence-corrected chi connectivity index (χ0v) is 19.3. The molecule has 1 saturated heterocycles. The Bertz CT molecular complexity index is 1100. The largest absolute Gasteiger partial charge is 0.409 e. The van der Waals surface area contributed by atoms with E-state index in [4.69, 9.17) is 0 Å². The number of aryl methyl sites for hydroxylation is 1. The van der Waals surface area contributed by atoms with Gasteiger partial charge in [0.2, 0.25) is 11.8 Å². The van der Waals surface area contributed by atoms with Gasteiger partial charge in [-0.05, 0) is 36.2 Å². The number of para-hydroxylation sites is 2. The van der Waals surface area contributed by atoms with Crippen LogP contribution in [-0.2, 0) is 16.0 Å². The summed E-state index contributed by atoms with van der Waals surface area (Å²) in [7, 11) is 0. The number of halogens is 3. The molecule has 4 rings (SSSR count). The van der Waals surface area contributed by atoms with Gasteiger partial charge >= 0.3 is 6.18 Å². The number of amides is 3. The quantitative estimate of drug-likeness (QED) is 0.717. The maximum atomic E-state index is 13.9. The van der Waals surface area contributed by atoms with Crippen LogP contribution in [0, 0.1) is 0 Å². The fourth-order valence-electron chi connectivity index (χ4n) is 4.44. The predicted molar refractivity (Wildman–Crippen MR) is 125 cm³/mol. The molecule has 186 valence electrons. The van der Waals surface area contributed by atoms with Crippen molar-refractivity contribution in [3.05, 3.63) is 59.7 Å². The summed E-state index contributed by atoms with van der Waals surface area (Å²) in [6, 6.07) is 11.1. The van der Waals surface area contributed by atoms with E-state index in [1.54, 1.807) is 28.0 Å². The van der Waals surface area contributed by atoms with E-state index in [0.717, 1.165) is 12.0 Å². The highest BCUT2D eigenvalue weighted by Crippen LogP contribution is 2.37. The minimum absolute atomic E-state index is 0.0232. The number of benzene rings is 2. The fourth-order valence-corrected chi connectivity index (χ4v) is 4.44. The SMILES string of the molecule is CCc1ccc(C(=O)N2CCN(CC(=O)N3c4ccccc4NC(=O)CC3C(F)(F)F)CC2)cc1. The molecule has 2 heterocycles. The van der Waals surface area contributed by atoms with E-state index in [1.807, 2.05) is 19.1 Å². The molecule has 0 aliphatic carbocycles. The van der Waals surface area contributed by atoms with Gasteiger partial charge in [0.1, 0.15) is 6.04 Å². The van der Waals surface area contributed by atoms with Gasteiger partial charge in [0.25, 0.3) is 5.91 Å². The minimum Gasteiger partial charge on any atom is -0.336 e. The van der Waals surface area contributed by atoms with Crippen molar-refractivity contribution < 1.29 is 27.6 Å². The summed E-state index contributed by atoms with van der Waals surface area (Å²) in [5.74, 6) is -1.65. The third-order valence-corrected chi connectivity index (χ3v) is 6.40. The summed E-state index contributed by atoms with van der Waals surface area (Å²) in [5.41, 5.74) is 1.91. The lowest BCUT2D eigenvalue weighted by Crippen LogP contribution is -2.55. The van der Waals surface area contributed by atoms with Crippen LogP contribution < -0.4 is 10.2 Å². The maximum Gasteiger partial charge on any atom is 0.409 e. The van der Waals surface area contributed by atoms with Crippen LogP contribution in [0.4, 0.5) is 24.5 Å². The van der Waals surface area contributed by atoms with Crippen molar-refractivity contribution in [3.63, 3.8) is 0 Å². The lowest BCUT2D eigenvalue weighted by molar-refractivity contribution is -0.158. The maximum absolute atomic E-state index is 13.9. The summed E-state index contributed by atoms with van der Waals surface area (Å²) in [5, 5.41) is 2.46. The van der Waals surface area contributed by atoms with Crippen LogP contribution in [0.2, 0.25) is 0 Å². The molecular formula is C25H27F3N4O3. The summed E-state index contributed by atoms with van der Waals surface area (Å²) in [4.78, 5) is 42.2. The number of nitrogens with zero attached hydrogens (tertiary/aromatic N) is 3. The van der Waals surface area contributed by atoms with Gasteiger partial charge in [0.15, 0.2) is 0 Å². The molecule has 2 aromatic rings. The van der Waals surface area contributed by atoms with Crippen LogP contribution in [0.25, 0.3) is 0 Å². The summed E-state index contributed by atoms with van der Waals surface area (Å²) in [6.07, 6.45) is -4.77. The van der Waals surface area contributed by atoms with Crippen LogP contribution in [0.3, 0.4) is 0 Å². The number of nitrogens with one attached hydrogen (secondary N) is 1. The summed E-state index contributed by atoms with van der Waals surface area (Å²) >= 11 is 0. The Morgan fingerprint density at radius 3 is 2.29 bits per heavy atom. The molecule has 2 aliphatic rings. The van der Waals surface area contributed by atoms with E-state index in [2.05, 4.69) is 5.32 Å². The molecule has 2 aromatic carbocycles. The van der Waals surface area contributed by atoms with Crippen molar-refractivity contribution in [3.8, 4) is 0 Å². The molecular weight excluding hydrogens is 461 g/mol. The summed E-state index contributed by atoms with van der Waals surface area (Å²) < 4.78 is 41.7. The normalized spacial score (nSPS) is 19.1. The van der Waals surface area contributed by atoms with Crippen LogP contribution in [0.1, 0.15) is 29.3 Å². The number of hydrogen-bond acceptors (Lipinski definition) is 4. The highest BCUT2D eigenvalue weighted by atomic mass is 19.4. The minimum atomic E-state index is -4.77. The molecule has 35 heavy (non-hydrogen) atoms. The monoisotopic (exact) mass is 488 g/mol. The first-order valence-electron chi connectivity index (χ1n) is 11.6. The first-order chi connectivity index (χ1) is 16.7. The van der Waals surface area contributed by atoms with Crippen molar-refractivity contribution in [2.24, 2.45) is 0 Å². The standard InChI is InChI=1S/C25H27F3N4O3/c1-2-17-7-9-18(10-8-17)24(35)31-13-11-30(12-14-31)16-23(34)32-20-6-4-3-5-19(20)29-22(33)15-21(32)25(26,27)28/h3-10,21H,2,11-16H2,1H3,(H,29,33). The molecule has 7 nitrogen and oxygen atoms in total. The van der Waals surface area contributed by atoms with Gasteiger partial charge < -0.3 is 10.2 Å². The lowest BCUT2D eigenvalue weighted by Gasteiger charge is -2.37.